The largest absolute Gasteiger partial charge is 0.318 e. The van der Waals surface area contributed by atoms with Crippen LogP contribution in [0, 0.1) is 0 Å². The molecule has 7 heteroatoms. The Morgan fingerprint density at radius 2 is 2.00 bits per heavy atom. The van der Waals surface area contributed by atoms with Crippen molar-refractivity contribution in [2.75, 3.05) is 5.32 Å². The zero-order valence-corrected chi connectivity index (χ0v) is 12.7. The third-order valence-electron chi connectivity index (χ3n) is 3.67. The summed E-state index contributed by atoms with van der Waals surface area (Å²) in [5.74, 6) is -0.268. The molecule has 4 rings (SSSR count). The number of aromatic nitrogens is 5. The van der Waals surface area contributed by atoms with Gasteiger partial charge in [0.15, 0.2) is 5.69 Å². The molecule has 7 nitrogen and oxygen atoms in total. The van der Waals surface area contributed by atoms with Crippen molar-refractivity contribution in [1.29, 1.82) is 0 Å². The number of hydrogen-bond acceptors (Lipinski definition) is 4. The zero-order chi connectivity index (χ0) is 16.4. The van der Waals surface area contributed by atoms with Gasteiger partial charge in [-0.05, 0) is 23.8 Å². The molecule has 1 aromatic carbocycles. The molecule has 0 atom stereocenters. The molecule has 0 aliphatic heterocycles. The minimum Gasteiger partial charge on any atom is -0.318 e. The van der Waals surface area contributed by atoms with Gasteiger partial charge in [0.2, 0.25) is 0 Å². The number of H-pyrrole nitrogens is 1. The predicted molar refractivity (Wildman–Crippen MR) is 89.6 cm³/mol. The van der Waals surface area contributed by atoms with Crippen LogP contribution in [-0.4, -0.2) is 30.9 Å². The van der Waals surface area contributed by atoms with E-state index in [1.807, 2.05) is 36.4 Å². The highest BCUT2D eigenvalue weighted by molar-refractivity contribution is 6.10. The van der Waals surface area contributed by atoms with Gasteiger partial charge < -0.3 is 5.32 Å². The van der Waals surface area contributed by atoms with Gasteiger partial charge in [0.05, 0.1) is 23.9 Å². The first kappa shape index (κ1) is 14.1. The Morgan fingerprint density at radius 3 is 2.88 bits per heavy atom. The van der Waals surface area contributed by atoms with E-state index in [0.717, 1.165) is 16.5 Å². The van der Waals surface area contributed by atoms with Gasteiger partial charge >= 0.3 is 0 Å². The smallest absolute Gasteiger partial charge is 0.276 e. The van der Waals surface area contributed by atoms with Gasteiger partial charge in [0.25, 0.3) is 5.91 Å². The average Bonchev–Trinajstić information content (AvgIpc) is 3.22. The summed E-state index contributed by atoms with van der Waals surface area (Å²) in [5.41, 5.74) is 2.91. The van der Waals surface area contributed by atoms with Crippen LogP contribution in [0.25, 0.3) is 10.9 Å². The Labute approximate surface area is 137 Å². The molecule has 0 radical (unpaired) electrons. The van der Waals surface area contributed by atoms with Crippen molar-refractivity contribution in [2.24, 2.45) is 0 Å². The SMILES string of the molecule is O=C(Nc1cnn(Cc2ccncc2)c1)c1n[nH]c2ccccc12. The lowest BCUT2D eigenvalue weighted by molar-refractivity contribution is 0.102. The average molecular weight is 318 g/mol. The van der Waals surface area contributed by atoms with Crippen molar-refractivity contribution in [3.8, 4) is 0 Å². The number of pyridine rings is 1. The topological polar surface area (TPSA) is 88.5 Å². The van der Waals surface area contributed by atoms with Crippen LogP contribution in [0.15, 0.2) is 61.2 Å². The van der Waals surface area contributed by atoms with Crippen molar-refractivity contribution >= 4 is 22.5 Å². The first-order valence-corrected chi connectivity index (χ1v) is 7.45. The summed E-state index contributed by atoms with van der Waals surface area (Å²) in [5, 5.41) is 14.8. The highest BCUT2D eigenvalue weighted by Gasteiger charge is 2.14. The molecule has 0 spiro atoms. The number of anilines is 1. The molecule has 24 heavy (non-hydrogen) atoms. The minimum absolute atomic E-state index is 0.268. The van der Waals surface area contributed by atoms with Gasteiger partial charge in [-0.25, -0.2) is 0 Å². The summed E-state index contributed by atoms with van der Waals surface area (Å²) in [4.78, 5) is 16.4. The molecular formula is C17H14N6O. The summed E-state index contributed by atoms with van der Waals surface area (Å²) < 4.78 is 1.76. The number of carbonyl (C=O) groups excluding carboxylic acids is 1. The van der Waals surface area contributed by atoms with Crippen molar-refractivity contribution in [2.45, 2.75) is 6.54 Å². The second kappa shape index (κ2) is 5.96. The molecule has 0 saturated heterocycles. The Hall–Kier alpha value is -3.48. The normalized spacial score (nSPS) is 10.8. The highest BCUT2D eigenvalue weighted by atomic mass is 16.2. The Balaban J connectivity index is 1.50. The van der Waals surface area contributed by atoms with E-state index < -0.39 is 0 Å². The first-order valence-electron chi connectivity index (χ1n) is 7.45. The van der Waals surface area contributed by atoms with Crippen molar-refractivity contribution in [3.63, 3.8) is 0 Å². The maximum atomic E-state index is 12.4. The van der Waals surface area contributed by atoms with Crippen LogP contribution in [0.3, 0.4) is 0 Å². The van der Waals surface area contributed by atoms with Crippen molar-refractivity contribution < 1.29 is 4.79 Å². The van der Waals surface area contributed by atoms with Crippen LogP contribution in [0.2, 0.25) is 0 Å². The lowest BCUT2D eigenvalue weighted by Gasteiger charge is -2.01. The number of fused-ring (bicyclic) bond motifs is 1. The zero-order valence-electron chi connectivity index (χ0n) is 12.7. The number of nitrogens with zero attached hydrogens (tertiary/aromatic N) is 4. The van der Waals surface area contributed by atoms with Gasteiger partial charge in [0, 0.05) is 24.0 Å². The van der Waals surface area contributed by atoms with Gasteiger partial charge in [-0.15, -0.1) is 0 Å². The molecule has 0 fully saturated rings. The van der Waals surface area contributed by atoms with Gasteiger partial charge in [-0.2, -0.15) is 10.2 Å². The third-order valence-corrected chi connectivity index (χ3v) is 3.67. The third kappa shape index (κ3) is 2.74. The summed E-state index contributed by atoms with van der Waals surface area (Å²) in [6.07, 6.45) is 6.88. The molecule has 3 aromatic heterocycles. The molecule has 0 bridgehead atoms. The van der Waals surface area contributed by atoms with E-state index in [9.17, 15) is 4.79 Å². The fourth-order valence-corrected chi connectivity index (χ4v) is 2.52. The second-order valence-electron chi connectivity index (χ2n) is 5.35. The van der Waals surface area contributed by atoms with E-state index in [1.165, 1.54) is 0 Å². The number of amides is 1. The second-order valence-corrected chi connectivity index (χ2v) is 5.35. The lowest BCUT2D eigenvalue weighted by atomic mass is 10.2. The Bertz CT molecular complexity index is 988. The molecule has 0 saturated carbocycles. The summed E-state index contributed by atoms with van der Waals surface area (Å²) in [6.45, 7) is 0.615. The van der Waals surface area contributed by atoms with E-state index in [1.54, 1.807) is 29.5 Å². The molecule has 0 aliphatic carbocycles. The Kier molecular flexibility index (Phi) is 3.51. The van der Waals surface area contributed by atoms with Gasteiger partial charge in [-0.1, -0.05) is 18.2 Å². The molecular weight excluding hydrogens is 304 g/mol. The molecule has 0 aliphatic rings. The Morgan fingerprint density at radius 1 is 1.17 bits per heavy atom. The number of para-hydroxylation sites is 1. The maximum Gasteiger partial charge on any atom is 0.276 e. The predicted octanol–water partition coefficient (Wildman–Crippen LogP) is 2.46. The van der Waals surface area contributed by atoms with Crippen LogP contribution in [0.4, 0.5) is 5.69 Å². The summed E-state index contributed by atoms with van der Waals surface area (Å²) >= 11 is 0. The van der Waals surface area contributed by atoms with E-state index in [0.29, 0.717) is 17.9 Å². The van der Waals surface area contributed by atoms with Crippen LogP contribution in [0.1, 0.15) is 16.1 Å². The lowest BCUT2D eigenvalue weighted by Crippen LogP contribution is -2.12. The molecule has 1 amide bonds. The van der Waals surface area contributed by atoms with E-state index in [4.69, 9.17) is 0 Å². The van der Waals surface area contributed by atoms with Crippen LogP contribution in [-0.2, 0) is 6.54 Å². The van der Waals surface area contributed by atoms with E-state index in [-0.39, 0.29) is 5.91 Å². The molecule has 3 heterocycles. The molecule has 0 unspecified atom stereocenters. The number of hydrogen-bond donors (Lipinski definition) is 2. The summed E-state index contributed by atoms with van der Waals surface area (Å²) in [6, 6.07) is 11.4. The number of carbonyl (C=O) groups is 1. The van der Waals surface area contributed by atoms with Crippen LogP contribution in [0.5, 0.6) is 0 Å². The number of rotatable bonds is 4. The van der Waals surface area contributed by atoms with Crippen LogP contribution >= 0.6 is 0 Å². The minimum atomic E-state index is -0.268. The number of benzene rings is 1. The number of nitrogens with one attached hydrogen (secondary N) is 2. The fourth-order valence-electron chi connectivity index (χ4n) is 2.52. The quantitative estimate of drug-likeness (QED) is 0.605. The van der Waals surface area contributed by atoms with E-state index in [2.05, 4.69) is 25.6 Å². The van der Waals surface area contributed by atoms with Crippen molar-refractivity contribution in [3.05, 3.63) is 72.4 Å². The van der Waals surface area contributed by atoms with Gasteiger partial charge in [0.1, 0.15) is 0 Å². The molecule has 118 valence electrons. The van der Waals surface area contributed by atoms with Crippen LogP contribution < -0.4 is 5.32 Å². The van der Waals surface area contributed by atoms with E-state index >= 15 is 0 Å². The molecule has 4 aromatic rings. The number of aromatic amines is 1. The monoisotopic (exact) mass is 318 g/mol. The molecule has 2 N–H and O–H groups in total. The standard InChI is InChI=1S/C17H14N6O/c24-17(16-14-3-1-2-4-15(14)21-22-16)20-13-9-19-23(11-13)10-12-5-7-18-8-6-12/h1-9,11H,10H2,(H,20,24)(H,21,22). The van der Waals surface area contributed by atoms with Crippen molar-refractivity contribution in [1.82, 2.24) is 25.0 Å². The highest BCUT2D eigenvalue weighted by Crippen LogP contribution is 2.17. The summed E-state index contributed by atoms with van der Waals surface area (Å²) in [7, 11) is 0. The fraction of sp³-hybridized carbons (Fsp3) is 0.0588. The van der Waals surface area contributed by atoms with Gasteiger partial charge in [-0.3, -0.25) is 19.6 Å². The maximum absolute atomic E-state index is 12.4. The first-order chi connectivity index (χ1) is 11.8.